The largest absolute Gasteiger partial charge is 0.469 e. The fourth-order valence-electron chi connectivity index (χ4n) is 1.86. The minimum Gasteiger partial charge on any atom is -0.469 e. The van der Waals surface area contributed by atoms with E-state index in [4.69, 9.17) is 0 Å². The zero-order valence-corrected chi connectivity index (χ0v) is 8.90. The smallest absolute Gasteiger partial charge is 0.309 e. The number of hydrogen-bond acceptors (Lipinski definition) is 4. The maximum atomic E-state index is 11.2. The number of aliphatic hydroxyl groups is 1. The number of likely N-dealkylation sites (tertiary alicyclic amines) is 1. The molecule has 1 N–H and O–H groups in total. The summed E-state index contributed by atoms with van der Waals surface area (Å²) in [6.07, 6.45) is 1.66. The molecule has 1 unspecified atom stereocenters. The quantitative estimate of drug-likeness (QED) is 0.665. The number of β-amino-alcohol motifs (C(OH)–C–C–N with tert-alkyl or cyclic N) is 1. The van der Waals surface area contributed by atoms with E-state index in [-0.39, 0.29) is 18.0 Å². The van der Waals surface area contributed by atoms with E-state index < -0.39 is 0 Å². The van der Waals surface area contributed by atoms with Crippen molar-refractivity contribution in [3.63, 3.8) is 0 Å². The van der Waals surface area contributed by atoms with Crippen LogP contribution in [0.5, 0.6) is 0 Å². The molecular weight excluding hydrogens is 182 g/mol. The Kier molecular flexibility index (Phi) is 4.35. The Labute approximate surface area is 84.8 Å². The lowest BCUT2D eigenvalue weighted by Crippen LogP contribution is -2.41. The molecule has 0 saturated carbocycles. The molecule has 82 valence electrons. The van der Waals surface area contributed by atoms with Crippen molar-refractivity contribution in [2.24, 2.45) is 5.92 Å². The van der Waals surface area contributed by atoms with Crippen LogP contribution in [-0.2, 0) is 9.53 Å². The van der Waals surface area contributed by atoms with Crippen molar-refractivity contribution < 1.29 is 14.6 Å². The summed E-state index contributed by atoms with van der Waals surface area (Å²) in [5.74, 6) is -0.282. The molecule has 0 aromatic carbocycles. The Balaban J connectivity index is 2.32. The minimum absolute atomic E-state index is 0.106. The predicted octanol–water partition coefficient (Wildman–Crippen LogP) is 0.252. The van der Waals surface area contributed by atoms with Crippen LogP contribution in [0.4, 0.5) is 0 Å². The van der Waals surface area contributed by atoms with Crippen LogP contribution >= 0.6 is 0 Å². The molecule has 0 aromatic rings. The van der Waals surface area contributed by atoms with Crippen molar-refractivity contribution in [3.8, 4) is 0 Å². The number of methoxy groups -OCH3 is 1. The molecule has 0 aliphatic carbocycles. The normalized spacial score (nSPS) is 25.8. The zero-order valence-electron chi connectivity index (χ0n) is 8.90. The number of carbonyl (C=O) groups is 1. The third-order valence-corrected chi connectivity index (χ3v) is 2.62. The molecule has 14 heavy (non-hydrogen) atoms. The third-order valence-electron chi connectivity index (χ3n) is 2.62. The Hall–Kier alpha value is -0.610. The van der Waals surface area contributed by atoms with Gasteiger partial charge in [0.25, 0.3) is 0 Å². The lowest BCUT2D eigenvalue weighted by molar-refractivity contribution is -0.145. The van der Waals surface area contributed by atoms with Gasteiger partial charge in [0, 0.05) is 13.1 Å². The van der Waals surface area contributed by atoms with Crippen molar-refractivity contribution in [2.75, 3.05) is 26.7 Å². The summed E-state index contributed by atoms with van der Waals surface area (Å²) in [6, 6.07) is 0. The van der Waals surface area contributed by atoms with Crippen molar-refractivity contribution in [2.45, 2.75) is 25.9 Å². The first-order valence-electron chi connectivity index (χ1n) is 5.11. The molecule has 1 heterocycles. The number of aliphatic hydroxyl groups excluding tert-OH is 1. The van der Waals surface area contributed by atoms with Gasteiger partial charge >= 0.3 is 5.97 Å². The molecule has 0 amide bonds. The number of esters is 1. The van der Waals surface area contributed by atoms with Crippen molar-refractivity contribution in [1.82, 2.24) is 4.90 Å². The highest BCUT2D eigenvalue weighted by Gasteiger charge is 2.22. The van der Waals surface area contributed by atoms with E-state index >= 15 is 0 Å². The van der Waals surface area contributed by atoms with Crippen LogP contribution in [0.3, 0.4) is 0 Å². The van der Waals surface area contributed by atoms with Crippen molar-refractivity contribution in [3.05, 3.63) is 0 Å². The summed E-state index contributed by atoms with van der Waals surface area (Å²) in [7, 11) is 1.41. The molecule has 1 rings (SSSR count). The molecule has 4 nitrogen and oxygen atoms in total. The lowest BCUT2D eigenvalue weighted by Gasteiger charge is -2.31. The van der Waals surface area contributed by atoms with Gasteiger partial charge in [0.1, 0.15) is 0 Å². The monoisotopic (exact) mass is 201 g/mol. The highest BCUT2D eigenvalue weighted by molar-refractivity contribution is 5.72. The molecule has 0 aromatic heterocycles. The molecule has 4 heteroatoms. The van der Waals surface area contributed by atoms with Crippen LogP contribution in [0, 0.1) is 5.92 Å². The Morgan fingerprint density at radius 2 is 2.43 bits per heavy atom. The van der Waals surface area contributed by atoms with Gasteiger partial charge in [-0.2, -0.15) is 0 Å². The summed E-state index contributed by atoms with van der Waals surface area (Å²) in [5, 5.41) is 9.43. The van der Waals surface area contributed by atoms with Gasteiger partial charge in [-0.1, -0.05) is 6.92 Å². The molecule has 1 aliphatic rings. The van der Waals surface area contributed by atoms with Gasteiger partial charge in [0.2, 0.25) is 0 Å². The van der Waals surface area contributed by atoms with Crippen LogP contribution in [0.2, 0.25) is 0 Å². The Morgan fingerprint density at radius 1 is 1.71 bits per heavy atom. The number of carbonyl (C=O) groups excluding carboxylic acids is 1. The number of nitrogens with zero attached hydrogens (tertiary/aromatic N) is 1. The van der Waals surface area contributed by atoms with Crippen LogP contribution in [-0.4, -0.2) is 48.8 Å². The molecule has 0 spiro atoms. The van der Waals surface area contributed by atoms with Gasteiger partial charge in [-0.25, -0.2) is 0 Å². The summed E-state index contributed by atoms with van der Waals surface area (Å²) in [5.41, 5.74) is 0. The topological polar surface area (TPSA) is 49.8 Å². The standard InChI is InChI=1S/C10H19NO3/c1-8(10(13)14-2)6-11-5-3-4-9(12)7-11/h8-9,12H,3-7H2,1-2H3/t8?,9-/m0/s1. The molecule has 0 bridgehead atoms. The number of rotatable bonds is 3. The number of hydrogen-bond donors (Lipinski definition) is 1. The van der Waals surface area contributed by atoms with Gasteiger partial charge in [0.15, 0.2) is 0 Å². The Morgan fingerprint density at radius 3 is 3.00 bits per heavy atom. The van der Waals surface area contributed by atoms with Gasteiger partial charge in [-0.3, -0.25) is 9.69 Å². The molecule has 2 atom stereocenters. The molecule has 0 radical (unpaired) electrons. The second-order valence-corrected chi connectivity index (χ2v) is 3.98. The van der Waals surface area contributed by atoms with Crippen LogP contribution in [0.1, 0.15) is 19.8 Å². The van der Waals surface area contributed by atoms with Crippen LogP contribution in [0.25, 0.3) is 0 Å². The van der Waals surface area contributed by atoms with E-state index in [2.05, 4.69) is 9.64 Å². The fourth-order valence-corrected chi connectivity index (χ4v) is 1.86. The van der Waals surface area contributed by atoms with Crippen LogP contribution in [0.15, 0.2) is 0 Å². The summed E-state index contributed by atoms with van der Waals surface area (Å²) in [6.45, 7) is 4.19. The third kappa shape index (κ3) is 3.27. The van der Waals surface area contributed by atoms with Gasteiger partial charge in [-0.05, 0) is 19.4 Å². The number of piperidine rings is 1. The van der Waals surface area contributed by atoms with Gasteiger partial charge in [0.05, 0.1) is 19.1 Å². The highest BCUT2D eigenvalue weighted by atomic mass is 16.5. The summed E-state index contributed by atoms with van der Waals surface area (Å²) >= 11 is 0. The highest BCUT2D eigenvalue weighted by Crippen LogP contribution is 2.12. The average Bonchev–Trinajstić information content (AvgIpc) is 2.16. The molecule has 1 fully saturated rings. The van der Waals surface area contributed by atoms with Crippen molar-refractivity contribution in [1.29, 1.82) is 0 Å². The first-order valence-corrected chi connectivity index (χ1v) is 5.11. The fraction of sp³-hybridized carbons (Fsp3) is 0.900. The predicted molar refractivity (Wildman–Crippen MR) is 52.9 cm³/mol. The SMILES string of the molecule is COC(=O)C(C)CN1CCC[C@H](O)C1. The van der Waals surface area contributed by atoms with Gasteiger partial charge in [-0.15, -0.1) is 0 Å². The zero-order chi connectivity index (χ0) is 10.6. The van der Waals surface area contributed by atoms with Crippen LogP contribution < -0.4 is 0 Å². The van der Waals surface area contributed by atoms with E-state index in [1.54, 1.807) is 0 Å². The van der Waals surface area contributed by atoms with E-state index in [0.29, 0.717) is 13.1 Å². The molecular formula is C10H19NO3. The maximum absolute atomic E-state index is 11.2. The summed E-state index contributed by atoms with van der Waals surface area (Å²) in [4.78, 5) is 13.3. The van der Waals surface area contributed by atoms with E-state index in [1.165, 1.54) is 7.11 Å². The van der Waals surface area contributed by atoms with Crippen molar-refractivity contribution >= 4 is 5.97 Å². The lowest BCUT2D eigenvalue weighted by atomic mass is 10.1. The first kappa shape index (κ1) is 11.5. The second-order valence-electron chi connectivity index (χ2n) is 3.98. The minimum atomic E-state index is -0.228. The summed E-state index contributed by atoms with van der Waals surface area (Å²) < 4.78 is 4.65. The maximum Gasteiger partial charge on any atom is 0.309 e. The second kappa shape index (κ2) is 5.32. The molecule has 1 saturated heterocycles. The van der Waals surface area contributed by atoms with Gasteiger partial charge < -0.3 is 9.84 Å². The Bertz CT molecular complexity index is 196. The average molecular weight is 201 g/mol. The molecule has 1 aliphatic heterocycles. The van der Waals surface area contributed by atoms with E-state index in [9.17, 15) is 9.90 Å². The van der Waals surface area contributed by atoms with E-state index in [1.807, 2.05) is 6.92 Å². The number of ether oxygens (including phenoxy) is 1. The first-order chi connectivity index (χ1) is 6.63. The van der Waals surface area contributed by atoms with E-state index in [0.717, 1.165) is 19.4 Å².